The van der Waals surface area contributed by atoms with Crippen molar-refractivity contribution in [2.75, 3.05) is 5.32 Å². The predicted molar refractivity (Wildman–Crippen MR) is 95.9 cm³/mol. The number of rotatable bonds is 2. The molecule has 2 nitrogen and oxygen atoms in total. The number of fused-ring (bicyclic) bond motifs is 1. The fourth-order valence-corrected chi connectivity index (χ4v) is 3.42. The van der Waals surface area contributed by atoms with E-state index >= 15 is 0 Å². The van der Waals surface area contributed by atoms with E-state index in [0.717, 1.165) is 24.1 Å². The molecule has 23 heavy (non-hydrogen) atoms. The Labute approximate surface area is 138 Å². The minimum absolute atomic E-state index is 0.0186. The Morgan fingerprint density at radius 1 is 0.739 bits per heavy atom. The molecule has 2 aromatic carbocycles. The maximum atomic E-state index is 12.7. The van der Waals surface area contributed by atoms with Gasteiger partial charge in [-0.05, 0) is 55.0 Å². The fourth-order valence-electron chi connectivity index (χ4n) is 3.42. The number of carbonyl (C=O) groups excluding carboxylic acids is 1. The van der Waals surface area contributed by atoms with Crippen LogP contribution in [0.4, 0.5) is 5.69 Å². The molecule has 1 aliphatic rings. The first-order valence-electron chi connectivity index (χ1n) is 8.82. The van der Waals surface area contributed by atoms with Gasteiger partial charge in [-0.25, -0.2) is 0 Å². The van der Waals surface area contributed by atoms with Crippen LogP contribution in [0.5, 0.6) is 0 Å². The molecule has 0 aromatic heterocycles. The van der Waals surface area contributed by atoms with Crippen molar-refractivity contribution in [3.63, 3.8) is 0 Å². The molecule has 0 atom stereocenters. The number of para-hydroxylation sites is 1. The van der Waals surface area contributed by atoms with Crippen LogP contribution < -0.4 is 5.32 Å². The average molecular weight is 307 g/mol. The van der Waals surface area contributed by atoms with Gasteiger partial charge in [0.1, 0.15) is 0 Å². The standard InChI is InChI=1S/C21H25NO/c23-21(22-18-13-7-5-8-14-18)20-16-10-12-17-11-6-3-1-2-4-9-15-19(17)20/h5,7-8,10,12-14,16H,1-4,6,9,11,15H2,(H,22,23). The summed E-state index contributed by atoms with van der Waals surface area (Å²) in [6.45, 7) is 0. The molecule has 1 aliphatic carbocycles. The Morgan fingerprint density at radius 3 is 2.22 bits per heavy atom. The Kier molecular flexibility index (Phi) is 5.46. The number of hydrogen-bond donors (Lipinski definition) is 1. The lowest BCUT2D eigenvalue weighted by Crippen LogP contribution is -2.16. The molecule has 0 heterocycles. The zero-order valence-electron chi connectivity index (χ0n) is 13.7. The van der Waals surface area contributed by atoms with Crippen LogP contribution in [-0.4, -0.2) is 5.91 Å². The summed E-state index contributed by atoms with van der Waals surface area (Å²) in [6.07, 6.45) is 9.79. The highest BCUT2D eigenvalue weighted by molar-refractivity contribution is 6.05. The summed E-state index contributed by atoms with van der Waals surface area (Å²) < 4.78 is 0. The molecule has 0 saturated heterocycles. The number of hydrogen-bond acceptors (Lipinski definition) is 1. The van der Waals surface area contributed by atoms with Crippen molar-refractivity contribution in [1.29, 1.82) is 0 Å². The van der Waals surface area contributed by atoms with Gasteiger partial charge in [0.2, 0.25) is 0 Å². The van der Waals surface area contributed by atoms with Crippen molar-refractivity contribution in [2.45, 2.75) is 51.4 Å². The molecule has 0 bridgehead atoms. The van der Waals surface area contributed by atoms with E-state index in [4.69, 9.17) is 0 Å². The van der Waals surface area contributed by atoms with E-state index < -0.39 is 0 Å². The van der Waals surface area contributed by atoms with Gasteiger partial charge in [0.25, 0.3) is 5.91 Å². The second-order valence-electron chi connectivity index (χ2n) is 6.38. The van der Waals surface area contributed by atoms with E-state index in [9.17, 15) is 4.79 Å². The van der Waals surface area contributed by atoms with Gasteiger partial charge in [0.15, 0.2) is 0 Å². The SMILES string of the molecule is O=C(Nc1ccccc1)c1cccc2c1CCCCCCCC2. The van der Waals surface area contributed by atoms with Crippen molar-refractivity contribution < 1.29 is 4.79 Å². The van der Waals surface area contributed by atoms with E-state index in [1.54, 1.807) is 0 Å². The van der Waals surface area contributed by atoms with Crippen LogP contribution >= 0.6 is 0 Å². The molecular weight excluding hydrogens is 282 g/mol. The number of nitrogens with one attached hydrogen (secondary N) is 1. The van der Waals surface area contributed by atoms with E-state index in [-0.39, 0.29) is 5.91 Å². The monoisotopic (exact) mass is 307 g/mol. The Hall–Kier alpha value is -2.09. The van der Waals surface area contributed by atoms with E-state index in [1.807, 2.05) is 42.5 Å². The van der Waals surface area contributed by atoms with Gasteiger partial charge in [0.05, 0.1) is 0 Å². The fraction of sp³-hybridized carbons (Fsp3) is 0.381. The van der Waals surface area contributed by atoms with Crippen molar-refractivity contribution in [3.05, 3.63) is 65.2 Å². The lowest BCUT2D eigenvalue weighted by molar-refractivity contribution is 0.102. The molecule has 0 aliphatic heterocycles. The van der Waals surface area contributed by atoms with Gasteiger partial charge in [0, 0.05) is 11.3 Å². The third kappa shape index (κ3) is 4.22. The third-order valence-electron chi connectivity index (χ3n) is 4.67. The first-order chi connectivity index (χ1) is 11.3. The normalized spacial score (nSPS) is 15.5. The molecule has 1 amide bonds. The van der Waals surface area contributed by atoms with Crippen LogP contribution in [0.15, 0.2) is 48.5 Å². The van der Waals surface area contributed by atoms with Crippen LogP contribution in [0.2, 0.25) is 0 Å². The molecule has 1 N–H and O–H groups in total. The summed E-state index contributed by atoms with van der Waals surface area (Å²) in [5.74, 6) is 0.0186. The molecule has 0 saturated carbocycles. The first-order valence-corrected chi connectivity index (χ1v) is 8.82. The number of benzene rings is 2. The molecule has 120 valence electrons. The van der Waals surface area contributed by atoms with Gasteiger partial charge in [-0.15, -0.1) is 0 Å². The largest absolute Gasteiger partial charge is 0.322 e. The number of carbonyl (C=O) groups is 1. The zero-order valence-corrected chi connectivity index (χ0v) is 13.7. The van der Waals surface area contributed by atoms with Crippen molar-refractivity contribution in [1.82, 2.24) is 0 Å². The molecule has 0 radical (unpaired) electrons. The summed E-state index contributed by atoms with van der Waals surface area (Å²) in [5.41, 5.74) is 4.34. The number of aryl methyl sites for hydroxylation is 1. The Morgan fingerprint density at radius 2 is 1.43 bits per heavy atom. The molecule has 0 spiro atoms. The van der Waals surface area contributed by atoms with Gasteiger partial charge in [-0.2, -0.15) is 0 Å². The van der Waals surface area contributed by atoms with Gasteiger partial charge < -0.3 is 5.32 Å². The highest BCUT2D eigenvalue weighted by Gasteiger charge is 2.15. The summed E-state index contributed by atoms with van der Waals surface area (Å²) >= 11 is 0. The van der Waals surface area contributed by atoms with Crippen LogP contribution in [0, 0.1) is 0 Å². The number of anilines is 1. The Balaban J connectivity index is 1.84. The summed E-state index contributed by atoms with van der Waals surface area (Å²) in [7, 11) is 0. The predicted octanol–water partition coefficient (Wildman–Crippen LogP) is 5.38. The van der Waals surface area contributed by atoms with Crippen molar-refractivity contribution in [3.8, 4) is 0 Å². The van der Waals surface area contributed by atoms with Crippen LogP contribution in [0.1, 0.15) is 60.0 Å². The second kappa shape index (κ2) is 7.96. The van der Waals surface area contributed by atoms with Crippen molar-refractivity contribution in [2.24, 2.45) is 0 Å². The minimum Gasteiger partial charge on any atom is -0.322 e. The maximum absolute atomic E-state index is 12.7. The third-order valence-corrected chi connectivity index (χ3v) is 4.67. The quantitative estimate of drug-likeness (QED) is 0.793. The number of amides is 1. The summed E-state index contributed by atoms with van der Waals surface area (Å²) in [5, 5.41) is 3.03. The topological polar surface area (TPSA) is 29.1 Å². The van der Waals surface area contributed by atoms with Crippen LogP contribution in [-0.2, 0) is 12.8 Å². The lowest BCUT2D eigenvalue weighted by Gasteiger charge is -2.16. The molecule has 0 unspecified atom stereocenters. The van der Waals surface area contributed by atoms with Crippen LogP contribution in [0.25, 0.3) is 0 Å². The zero-order chi connectivity index (χ0) is 15.9. The first kappa shape index (κ1) is 15.8. The molecule has 3 rings (SSSR count). The van der Waals surface area contributed by atoms with Gasteiger partial charge in [-0.1, -0.05) is 56.0 Å². The lowest BCUT2D eigenvalue weighted by atomic mass is 9.90. The van der Waals surface area contributed by atoms with Crippen molar-refractivity contribution >= 4 is 11.6 Å². The highest BCUT2D eigenvalue weighted by Crippen LogP contribution is 2.23. The van der Waals surface area contributed by atoms with E-state index in [0.29, 0.717) is 0 Å². The summed E-state index contributed by atoms with van der Waals surface area (Å²) in [4.78, 5) is 12.7. The molecule has 2 heteroatoms. The van der Waals surface area contributed by atoms with Crippen LogP contribution in [0.3, 0.4) is 0 Å². The maximum Gasteiger partial charge on any atom is 0.255 e. The summed E-state index contributed by atoms with van der Waals surface area (Å²) in [6, 6.07) is 15.9. The molecule has 2 aromatic rings. The second-order valence-corrected chi connectivity index (χ2v) is 6.38. The van der Waals surface area contributed by atoms with E-state index in [2.05, 4.69) is 11.4 Å². The van der Waals surface area contributed by atoms with Gasteiger partial charge >= 0.3 is 0 Å². The molecular formula is C21H25NO. The van der Waals surface area contributed by atoms with E-state index in [1.165, 1.54) is 49.7 Å². The Bertz CT molecular complexity index is 648. The highest BCUT2D eigenvalue weighted by atomic mass is 16.1. The minimum atomic E-state index is 0.0186. The van der Waals surface area contributed by atoms with Gasteiger partial charge in [-0.3, -0.25) is 4.79 Å². The molecule has 0 fully saturated rings. The smallest absolute Gasteiger partial charge is 0.255 e. The average Bonchev–Trinajstić information content (AvgIpc) is 2.59.